The summed E-state index contributed by atoms with van der Waals surface area (Å²) in [5.74, 6) is -0.860. The fraction of sp³-hybridized carbons (Fsp3) is 0. The molecule has 0 aliphatic carbocycles. The van der Waals surface area contributed by atoms with Gasteiger partial charge in [0.25, 0.3) is 15.9 Å². The molecule has 138 valence electrons. The molecular weight excluding hydrogens is 391 g/mol. The minimum absolute atomic E-state index is 0.0221. The molecule has 0 unspecified atom stereocenters. The van der Waals surface area contributed by atoms with Crippen LogP contribution in [0.25, 0.3) is 0 Å². The number of benzene rings is 3. The molecule has 0 saturated heterocycles. The van der Waals surface area contributed by atoms with E-state index in [2.05, 4.69) is 10.0 Å². The zero-order valence-corrected chi connectivity index (χ0v) is 15.4. The average Bonchev–Trinajstić information content (AvgIpc) is 2.63. The number of halogens is 2. The van der Waals surface area contributed by atoms with E-state index in [0.29, 0.717) is 10.7 Å². The smallest absolute Gasteiger partial charge is 0.261 e. The molecule has 0 saturated carbocycles. The number of hydrogen-bond acceptors (Lipinski definition) is 3. The molecule has 5 nitrogen and oxygen atoms in total. The van der Waals surface area contributed by atoms with Gasteiger partial charge in [-0.15, -0.1) is 0 Å². The van der Waals surface area contributed by atoms with Crippen LogP contribution in [-0.4, -0.2) is 14.3 Å². The summed E-state index contributed by atoms with van der Waals surface area (Å²) in [6, 6.07) is 17.1. The van der Waals surface area contributed by atoms with Gasteiger partial charge in [-0.2, -0.15) is 0 Å². The van der Waals surface area contributed by atoms with E-state index in [9.17, 15) is 17.6 Å². The summed E-state index contributed by atoms with van der Waals surface area (Å²) in [5.41, 5.74) is 1.05. The van der Waals surface area contributed by atoms with Crippen molar-refractivity contribution in [3.63, 3.8) is 0 Å². The zero-order chi connectivity index (χ0) is 19.4. The Hall–Kier alpha value is -2.90. The molecular formula is C19H14ClFN2O3S. The van der Waals surface area contributed by atoms with Gasteiger partial charge < -0.3 is 5.32 Å². The van der Waals surface area contributed by atoms with Gasteiger partial charge in [-0.3, -0.25) is 9.52 Å². The fourth-order valence-corrected chi connectivity index (χ4v) is 3.54. The third-order valence-electron chi connectivity index (χ3n) is 3.61. The molecule has 3 rings (SSSR count). The van der Waals surface area contributed by atoms with Gasteiger partial charge in [0.1, 0.15) is 5.82 Å². The highest BCUT2D eigenvalue weighted by molar-refractivity contribution is 7.92. The van der Waals surface area contributed by atoms with Crippen molar-refractivity contribution in [2.45, 2.75) is 4.90 Å². The summed E-state index contributed by atoms with van der Waals surface area (Å²) < 4.78 is 40.0. The Balaban J connectivity index is 1.73. The highest BCUT2D eigenvalue weighted by atomic mass is 35.5. The molecule has 0 spiro atoms. The Morgan fingerprint density at radius 3 is 2.19 bits per heavy atom. The molecule has 0 aromatic heterocycles. The number of carbonyl (C=O) groups excluding carboxylic acids is 1. The molecule has 0 atom stereocenters. The topological polar surface area (TPSA) is 75.3 Å². The molecule has 8 heteroatoms. The average molecular weight is 405 g/mol. The molecule has 0 bridgehead atoms. The molecule has 3 aromatic carbocycles. The van der Waals surface area contributed by atoms with E-state index in [0.717, 1.165) is 12.1 Å². The van der Waals surface area contributed by atoms with Crippen molar-refractivity contribution in [2.24, 2.45) is 0 Å². The van der Waals surface area contributed by atoms with Gasteiger partial charge in [0, 0.05) is 22.0 Å². The molecule has 0 aliphatic rings. The van der Waals surface area contributed by atoms with Crippen LogP contribution in [0.4, 0.5) is 15.8 Å². The van der Waals surface area contributed by atoms with E-state index in [-0.39, 0.29) is 16.1 Å². The third kappa shape index (κ3) is 4.84. The van der Waals surface area contributed by atoms with Crippen molar-refractivity contribution in [2.75, 3.05) is 10.0 Å². The summed E-state index contributed by atoms with van der Waals surface area (Å²) in [6.07, 6.45) is 0. The lowest BCUT2D eigenvalue weighted by molar-refractivity contribution is 0.102. The molecule has 0 radical (unpaired) electrons. The van der Waals surface area contributed by atoms with Crippen LogP contribution >= 0.6 is 11.6 Å². The lowest BCUT2D eigenvalue weighted by Gasteiger charge is -2.09. The van der Waals surface area contributed by atoms with E-state index >= 15 is 0 Å². The Bertz CT molecular complexity index is 1070. The van der Waals surface area contributed by atoms with Gasteiger partial charge in [0.2, 0.25) is 0 Å². The summed E-state index contributed by atoms with van der Waals surface area (Å²) in [7, 11) is -3.85. The minimum Gasteiger partial charge on any atom is -0.322 e. The number of amides is 1. The van der Waals surface area contributed by atoms with Crippen LogP contribution in [0.1, 0.15) is 10.4 Å². The van der Waals surface area contributed by atoms with Crippen molar-refractivity contribution in [3.8, 4) is 0 Å². The van der Waals surface area contributed by atoms with Crippen molar-refractivity contribution in [3.05, 3.63) is 89.2 Å². The Morgan fingerprint density at radius 2 is 1.56 bits per heavy atom. The van der Waals surface area contributed by atoms with Gasteiger partial charge in [0.15, 0.2) is 0 Å². The maximum Gasteiger partial charge on any atom is 0.261 e. The van der Waals surface area contributed by atoms with Gasteiger partial charge in [-0.25, -0.2) is 12.8 Å². The highest BCUT2D eigenvalue weighted by Gasteiger charge is 2.15. The number of rotatable bonds is 5. The number of anilines is 2. The second kappa shape index (κ2) is 7.77. The van der Waals surface area contributed by atoms with Crippen LogP contribution in [0.5, 0.6) is 0 Å². The first-order valence-electron chi connectivity index (χ1n) is 7.79. The van der Waals surface area contributed by atoms with E-state index in [4.69, 9.17) is 11.6 Å². The molecule has 0 fully saturated rings. The zero-order valence-electron chi connectivity index (χ0n) is 13.8. The van der Waals surface area contributed by atoms with Crippen LogP contribution in [0, 0.1) is 5.82 Å². The van der Waals surface area contributed by atoms with Crippen molar-refractivity contribution in [1.29, 1.82) is 0 Å². The summed E-state index contributed by atoms with van der Waals surface area (Å²) >= 11 is 5.87. The molecule has 0 heterocycles. The van der Waals surface area contributed by atoms with Crippen molar-refractivity contribution >= 4 is 38.9 Å². The Kier molecular flexibility index (Phi) is 5.43. The molecule has 3 aromatic rings. The van der Waals surface area contributed by atoms with Crippen molar-refractivity contribution in [1.82, 2.24) is 0 Å². The fourth-order valence-electron chi connectivity index (χ4n) is 2.29. The molecule has 2 N–H and O–H groups in total. The van der Waals surface area contributed by atoms with Gasteiger partial charge >= 0.3 is 0 Å². The SMILES string of the molecule is O=C(Nc1cccc(Cl)c1)c1ccc(S(=O)(=O)Nc2ccc(F)cc2)cc1. The minimum atomic E-state index is -3.85. The third-order valence-corrected chi connectivity index (χ3v) is 5.24. The summed E-state index contributed by atoms with van der Waals surface area (Å²) in [4.78, 5) is 12.2. The Labute approximate surface area is 160 Å². The maximum absolute atomic E-state index is 12.9. The number of sulfonamides is 1. The van der Waals surface area contributed by atoms with E-state index < -0.39 is 21.7 Å². The predicted octanol–water partition coefficient (Wildman–Crippen LogP) is 4.53. The van der Waals surface area contributed by atoms with Gasteiger partial charge in [0.05, 0.1) is 4.90 Å². The largest absolute Gasteiger partial charge is 0.322 e. The lowest BCUT2D eigenvalue weighted by atomic mass is 10.2. The van der Waals surface area contributed by atoms with E-state index in [1.807, 2.05) is 0 Å². The number of nitrogens with one attached hydrogen (secondary N) is 2. The summed E-state index contributed by atoms with van der Waals surface area (Å²) in [6.45, 7) is 0. The summed E-state index contributed by atoms with van der Waals surface area (Å²) in [5, 5.41) is 3.17. The van der Waals surface area contributed by atoms with Crippen LogP contribution < -0.4 is 10.0 Å². The van der Waals surface area contributed by atoms with Gasteiger partial charge in [-0.1, -0.05) is 17.7 Å². The molecule has 27 heavy (non-hydrogen) atoms. The predicted molar refractivity (Wildman–Crippen MR) is 103 cm³/mol. The van der Waals surface area contributed by atoms with E-state index in [1.54, 1.807) is 24.3 Å². The first kappa shape index (κ1) is 18.9. The quantitative estimate of drug-likeness (QED) is 0.655. The second-order valence-corrected chi connectivity index (χ2v) is 7.72. The van der Waals surface area contributed by atoms with Crippen LogP contribution in [-0.2, 0) is 10.0 Å². The number of carbonyl (C=O) groups is 1. The first-order valence-corrected chi connectivity index (χ1v) is 9.65. The normalized spacial score (nSPS) is 11.0. The monoisotopic (exact) mass is 404 g/mol. The lowest BCUT2D eigenvalue weighted by Crippen LogP contribution is -2.14. The van der Waals surface area contributed by atoms with Gasteiger partial charge in [-0.05, 0) is 66.7 Å². The molecule has 0 aliphatic heterocycles. The van der Waals surface area contributed by atoms with Crippen LogP contribution in [0.2, 0.25) is 5.02 Å². The first-order chi connectivity index (χ1) is 12.8. The molecule has 1 amide bonds. The Morgan fingerprint density at radius 1 is 0.889 bits per heavy atom. The van der Waals surface area contributed by atoms with Crippen LogP contribution in [0.15, 0.2) is 77.7 Å². The van der Waals surface area contributed by atoms with Crippen molar-refractivity contribution < 1.29 is 17.6 Å². The standard InChI is InChI=1S/C19H14ClFN2O3S/c20-14-2-1-3-17(12-14)22-19(24)13-4-10-18(11-5-13)27(25,26)23-16-8-6-15(21)7-9-16/h1-12,23H,(H,22,24). The highest BCUT2D eigenvalue weighted by Crippen LogP contribution is 2.19. The second-order valence-electron chi connectivity index (χ2n) is 5.60. The van der Waals surface area contributed by atoms with E-state index in [1.165, 1.54) is 36.4 Å². The van der Waals surface area contributed by atoms with Crippen LogP contribution in [0.3, 0.4) is 0 Å². The number of hydrogen-bond donors (Lipinski definition) is 2. The maximum atomic E-state index is 12.9.